The molecule has 2 fully saturated rings. The number of nitrogens with zero attached hydrogens (tertiary/aromatic N) is 1. The molecule has 1 saturated heterocycles. The zero-order valence-electron chi connectivity index (χ0n) is 14.0. The second-order valence-corrected chi connectivity index (χ2v) is 8.17. The molecule has 124 valence electrons. The Labute approximate surface area is 135 Å². The summed E-state index contributed by atoms with van der Waals surface area (Å²) < 4.78 is 5.18. The van der Waals surface area contributed by atoms with Gasteiger partial charge < -0.3 is 15.0 Å². The average Bonchev–Trinajstić information content (AvgIpc) is 2.93. The van der Waals surface area contributed by atoms with Gasteiger partial charge in [0.1, 0.15) is 0 Å². The Morgan fingerprint density at radius 1 is 1.24 bits per heavy atom. The van der Waals surface area contributed by atoms with Gasteiger partial charge in [-0.25, -0.2) is 0 Å². The first kappa shape index (κ1) is 17.6. The first-order valence-electron chi connectivity index (χ1n) is 8.73. The second kappa shape index (κ2) is 9.39. The summed E-state index contributed by atoms with van der Waals surface area (Å²) in [6, 6.07) is 0.814. The van der Waals surface area contributed by atoms with Crippen LogP contribution in [-0.4, -0.2) is 62.8 Å². The molecule has 0 aromatic rings. The number of ether oxygens (including phenoxy) is 1. The Morgan fingerprint density at radius 2 is 2.00 bits per heavy atom. The van der Waals surface area contributed by atoms with Crippen LogP contribution >= 0.6 is 11.8 Å². The standard InChI is InChI=1S/C17H34N2OS/c1-19(16-7-12-21-13-16)15-17(14-18-10-11-20-2)8-5-3-4-6-9-17/h16,18H,3-15H2,1-2H3. The van der Waals surface area contributed by atoms with Gasteiger partial charge in [0.15, 0.2) is 0 Å². The third-order valence-corrected chi connectivity index (χ3v) is 6.41. The molecule has 21 heavy (non-hydrogen) atoms. The lowest BCUT2D eigenvalue weighted by Gasteiger charge is -2.39. The molecule has 3 nitrogen and oxygen atoms in total. The first-order valence-corrected chi connectivity index (χ1v) is 9.89. The Bertz CT molecular complexity index is 274. The molecule has 1 heterocycles. The quantitative estimate of drug-likeness (QED) is 0.550. The highest BCUT2D eigenvalue weighted by molar-refractivity contribution is 7.99. The molecule has 0 bridgehead atoms. The molecule has 1 aliphatic carbocycles. The molecule has 0 radical (unpaired) electrons. The van der Waals surface area contributed by atoms with E-state index in [-0.39, 0.29) is 0 Å². The lowest BCUT2D eigenvalue weighted by atomic mass is 9.79. The SMILES string of the molecule is COCCNCC1(CN(C)C2CCSC2)CCCCCC1. The maximum absolute atomic E-state index is 5.18. The number of thioether (sulfide) groups is 1. The summed E-state index contributed by atoms with van der Waals surface area (Å²) in [5.74, 6) is 2.69. The molecular formula is C17H34N2OS. The predicted molar refractivity (Wildman–Crippen MR) is 93.2 cm³/mol. The number of methoxy groups -OCH3 is 1. The topological polar surface area (TPSA) is 24.5 Å². The van der Waals surface area contributed by atoms with Crippen LogP contribution in [0.1, 0.15) is 44.9 Å². The van der Waals surface area contributed by atoms with E-state index < -0.39 is 0 Å². The van der Waals surface area contributed by atoms with Crippen LogP contribution in [0.2, 0.25) is 0 Å². The Kier molecular flexibility index (Phi) is 7.86. The van der Waals surface area contributed by atoms with Crippen molar-refractivity contribution in [2.75, 3.05) is 51.9 Å². The molecule has 1 atom stereocenters. The minimum atomic E-state index is 0.492. The zero-order valence-corrected chi connectivity index (χ0v) is 14.8. The van der Waals surface area contributed by atoms with Crippen LogP contribution in [0.3, 0.4) is 0 Å². The van der Waals surface area contributed by atoms with Crippen LogP contribution in [-0.2, 0) is 4.74 Å². The highest BCUT2D eigenvalue weighted by Crippen LogP contribution is 2.36. The fourth-order valence-corrected chi connectivity index (χ4v) is 5.22. The summed E-state index contributed by atoms with van der Waals surface area (Å²) in [4.78, 5) is 2.67. The first-order chi connectivity index (χ1) is 10.3. The Balaban J connectivity index is 1.89. The van der Waals surface area contributed by atoms with Gasteiger partial charge in [-0.2, -0.15) is 11.8 Å². The Morgan fingerprint density at radius 3 is 2.62 bits per heavy atom. The Hall–Kier alpha value is 0.230. The van der Waals surface area contributed by atoms with Gasteiger partial charge in [0.2, 0.25) is 0 Å². The summed E-state index contributed by atoms with van der Waals surface area (Å²) in [5, 5.41) is 3.66. The van der Waals surface area contributed by atoms with Crippen molar-refractivity contribution in [1.29, 1.82) is 0 Å². The predicted octanol–water partition coefficient (Wildman–Crippen LogP) is 3.00. The molecule has 2 aliphatic rings. The highest BCUT2D eigenvalue weighted by atomic mass is 32.2. The van der Waals surface area contributed by atoms with Gasteiger partial charge in [-0.1, -0.05) is 25.7 Å². The van der Waals surface area contributed by atoms with Crippen molar-refractivity contribution in [1.82, 2.24) is 10.2 Å². The molecule has 0 aromatic heterocycles. The van der Waals surface area contributed by atoms with Crippen LogP contribution in [0.25, 0.3) is 0 Å². The summed E-state index contributed by atoms with van der Waals surface area (Å²) in [5.41, 5.74) is 0.492. The molecular weight excluding hydrogens is 280 g/mol. The van der Waals surface area contributed by atoms with Crippen molar-refractivity contribution in [3.8, 4) is 0 Å². The fourth-order valence-electron chi connectivity index (χ4n) is 3.92. The molecule has 0 amide bonds. The lowest BCUT2D eigenvalue weighted by Crippen LogP contribution is -2.46. The summed E-state index contributed by atoms with van der Waals surface area (Å²) in [6.45, 7) is 4.26. The normalized spacial score (nSPS) is 26.1. The zero-order chi connectivity index (χ0) is 15.0. The maximum atomic E-state index is 5.18. The largest absolute Gasteiger partial charge is 0.383 e. The van der Waals surface area contributed by atoms with Crippen molar-refractivity contribution in [3.05, 3.63) is 0 Å². The number of rotatable bonds is 8. The maximum Gasteiger partial charge on any atom is 0.0587 e. The van der Waals surface area contributed by atoms with E-state index in [1.807, 2.05) is 0 Å². The van der Waals surface area contributed by atoms with E-state index in [9.17, 15) is 0 Å². The summed E-state index contributed by atoms with van der Waals surface area (Å²) in [6.07, 6.45) is 9.88. The highest BCUT2D eigenvalue weighted by Gasteiger charge is 2.34. The third-order valence-electron chi connectivity index (χ3n) is 5.26. The summed E-state index contributed by atoms with van der Waals surface area (Å²) >= 11 is 2.13. The van der Waals surface area contributed by atoms with Crippen LogP contribution in [0.5, 0.6) is 0 Å². The average molecular weight is 315 g/mol. The molecule has 0 aromatic carbocycles. The van der Waals surface area contributed by atoms with Gasteiger partial charge in [-0.3, -0.25) is 0 Å². The van der Waals surface area contributed by atoms with E-state index in [1.165, 1.54) is 69.5 Å². The second-order valence-electron chi connectivity index (χ2n) is 7.02. The third kappa shape index (κ3) is 5.74. The number of hydrogen-bond donors (Lipinski definition) is 1. The van der Waals surface area contributed by atoms with Crippen LogP contribution in [0.4, 0.5) is 0 Å². The van der Waals surface area contributed by atoms with E-state index in [0.717, 1.165) is 19.2 Å². The lowest BCUT2D eigenvalue weighted by molar-refractivity contribution is 0.118. The van der Waals surface area contributed by atoms with Gasteiger partial charge in [-0.05, 0) is 37.5 Å². The van der Waals surface area contributed by atoms with E-state index in [0.29, 0.717) is 5.41 Å². The van der Waals surface area contributed by atoms with Crippen LogP contribution in [0, 0.1) is 5.41 Å². The van der Waals surface area contributed by atoms with Crippen LogP contribution < -0.4 is 5.32 Å². The molecule has 4 heteroatoms. The van der Waals surface area contributed by atoms with Gasteiger partial charge in [0.25, 0.3) is 0 Å². The molecule has 1 N–H and O–H groups in total. The molecule has 1 saturated carbocycles. The number of hydrogen-bond acceptors (Lipinski definition) is 4. The summed E-state index contributed by atoms with van der Waals surface area (Å²) in [7, 11) is 4.15. The monoisotopic (exact) mass is 314 g/mol. The molecule has 2 rings (SSSR count). The van der Waals surface area contributed by atoms with Gasteiger partial charge >= 0.3 is 0 Å². The smallest absolute Gasteiger partial charge is 0.0587 e. The van der Waals surface area contributed by atoms with Gasteiger partial charge in [0, 0.05) is 38.5 Å². The van der Waals surface area contributed by atoms with E-state index in [4.69, 9.17) is 4.74 Å². The number of nitrogens with one attached hydrogen (secondary N) is 1. The van der Waals surface area contributed by atoms with Gasteiger partial charge in [0.05, 0.1) is 6.61 Å². The molecule has 0 spiro atoms. The van der Waals surface area contributed by atoms with E-state index in [1.54, 1.807) is 7.11 Å². The van der Waals surface area contributed by atoms with E-state index >= 15 is 0 Å². The fraction of sp³-hybridized carbons (Fsp3) is 1.00. The van der Waals surface area contributed by atoms with Gasteiger partial charge in [-0.15, -0.1) is 0 Å². The van der Waals surface area contributed by atoms with Crippen molar-refractivity contribution in [2.24, 2.45) is 5.41 Å². The van der Waals surface area contributed by atoms with Crippen molar-refractivity contribution < 1.29 is 4.74 Å². The molecule has 1 aliphatic heterocycles. The minimum Gasteiger partial charge on any atom is -0.383 e. The minimum absolute atomic E-state index is 0.492. The van der Waals surface area contributed by atoms with Crippen LogP contribution in [0.15, 0.2) is 0 Å². The van der Waals surface area contributed by atoms with Crippen molar-refractivity contribution in [3.63, 3.8) is 0 Å². The van der Waals surface area contributed by atoms with E-state index in [2.05, 4.69) is 29.0 Å². The van der Waals surface area contributed by atoms with Crippen molar-refractivity contribution >= 4 is 11.8 Å². The molecule has 1 unspecified atom stereocenters. The van der Waals surface area contributed by atoms with Crippen molar-refractivity contribution in [2.45, 2.75) is 51.0 Å².